The third-order valence-electron chi connectivity index (χ3n) is 1.78. The van der Waals surface area contributed by atoms with Crippen molar-refractivity contribution in [3.8, 4) is 0 Å². The zero-order valence-electron chi connectivity index (χ0n) is 10.1. The summed E-state index contributed by atoms with van der Waals surface area (Å²) in [6, 6.07) is 0. The van der Waals surface area contributed by atoms with Crippen LogP contribution in [0.1, 0.15) is 39.5 Å². The normalized spacial score (nSPS) is 9.88. The van der Waals surface area contributed by atoms with Gasteiger partial charge in [-0.15, -0.1) is 0 Å². The maximum absolute atomic E-state index is 11.2. The zero-order chi connectivity index (χ0) is 12.2. The van der Waals surface area contributed by atoms with Crippen LogP contribution >= 0.6 is 0 Å². The minimum absolute atomic E-state index is 0.168. The second-order valence-electron chi connectivity index (χ2n) is 3.45. The molecule has 0 spiro atoms. The van der Waals surface area contributed by atoms with E-state index in [4.69, 9.17) is 0 Å². The van der Waals surface area contributed by atoms with Crippen LogP contribution in [0.25, 0.3) is 0 Å². The van der Waals surface area contributed by atoms with Gasteiger partial charge in [0.15, 0.2) is 0 Å². The van der Waals surface area contributed by atoms with Crippen LogP contribution < -0.4 is 21.7 Å². The highest BCUT2D eigenvalue weighted by Crippen LogP contribution is 1.87. The molecule has 0 unspecified atom stereocenters. The molecule has 0 aromatic heterocycles. The second kappa shape index (κ2) is 10.4. The highest BCUT2D eigenvalue weighted by molar-refractivity contribution is 5.83. The largest absolute Gasteiger partial charge is 0.292 e. The number of amides is 2. The molecule has 2 amide bonds. The van der Waals surface area contributed by atoms with Gasteiger partial charge in [0.2, 0.25) is 11.8 Å². The Morgan fingerprint density at radius 1 is 0.812 bits per heavy atom. The van der Waals surface area contributed by atoms with Crippen molar-refractivity contribution in [1.82, 2.24) is 21.7 Å². The molecule has 0 rings (SSSR count). The van der Waals surface area contributed by atoms with Gasteiger partial charge in [0.25, 0.3) is 0 Å². The van der Waals surface area contributed by atoms with Crippen LogP contribution in [0.2, 0.25) is 0 Å². The van der Waals surface area contributed by atoms with Gasteiger partial charge in [0, 0.05) is 25.9 Å². The smallest absolute Gasteiger partial charge is 0.234 e. The van der Waals surface area contributed by atoms with E-state index in [-0.39, 0.29) is 24.7 Å². The fourth-order valence-corrected chi connectivity index (χ4v) is 0.924. The minimum Gasteiger partial charge on any atom is -0.292 e. The van der Waals surface area contributed by atoms with Gasteiger partial charge in [-0.1, -0.05) is 13.8 Å². The van der Waals surface area contributed by atoms with Crippen LogP contribution in [0.15, 0.2) is 0 Å². The minimum atomic E-state index is -0.168. The van der Waals surface area contributed by atoms with Crippen LogP contribution in [0.5, 0.6) is 0 Å². The molecule has 0 atom stereocenters. The van der Waals surface area contributed by atoms with E-state index in [1.165, 1.54) is 0 Å². The number of nitrogens with one attached hydrogen (secondary N) is 4. The van der Waals surface area contributed by atoms with Gasteiger partial charge in [-0.3, -0.25) is 20.4 Å². The molecule has 16 heavy (non-hydrogen) atoms. The number of hydrazine groups is 2. The van der Waals surface area contributed by atoms with Gasteiger partial charge >= 0.3 is 0 Å². The Kier molecular flexibility index (Phi) is 9.64. The first-order valence-corrected chi connectivity index (χ1v) is 5.74. The Morgan fingerprint density at radius 2 is 1.19 bits per heavy atom. The summed E-state index contributed by atoms with van der Waals surface area (Å²) >= 11 is 0. The van der Waals surface area contributed by atoms with Crippen molar-refractivity contribution >= 4 is 11.8 Å². The average Bonchev–Trinajstić information content (AvgIpc) is 2.27. The molecule has 0 aliphatic rings. The molecule has 0 aromatic carbocycles. The van der Waals surface area contributed by atoms with Crippen molar-refractivity contribution in [3.63, 3.8) is 0 Å². The molecule has 0 aliphatic carbocycles. The van der Waals surface area contributed by atoms with Crippen molar-refractivity contribution in [3.05, 3.63) is 0 Å². The number of carbonyl (C=O) groups is 2. The first kappa shape index (κ1) is 14.9. The second-order valence-corrected chi connectivity index (χ2v) is 3.45. The van der Waals surface area contributed by atoms with Crippen molar-refractivity contribution < 1.29 is 9.59 Å². The van der Waals surface area contributed by atoms with E-state index < -0.39 is 0 Å². The number of carbonyl (C=O) groups excluding carboxylic acids is 2. The molecular weight excluding hydrogens is 208 g/mol. The fourth-order valence-electron chi connectivity index (χ4n) is 0.924. The van der Waals surface area contributed by atoms with Gasteiger partial charge in [-0.25, -0.2) is 10.9 Å². The number of hydrogen-bond acceptors (Lipinski definition) is 4. The maximum Gasteiger partial charge on any atom is 0.234 e. The van der Waals surface area contributed by atoms with Gasteiger partial charge in [-0.2, -0.15) is 0 Å². The SMILES string of the molecule is CCCNNC(=O)CCC(=O)NNCCC. The summed E-state index contributed by atoms with van der Waals surface area (Å²) in [5.74, 6) is -0.335. The van der Waals surface area contributed by atoms with E-state index in [9.17, 15) is 9.59 Å². The lowest BCUT2D eigenvalue weighted by molar-refractivity contribution is -0.127. The van der Waals surface area contributed by atoms with E-state index in [1.807, 2.05) is 13.8 Å². The van der Waals surface area contributed by atoms with Gasteiger partial charge < -0.3 is 0 Å². The lowest BCUT2D eigenvalue weighted by Gasteiger charge is -2.07. The molecule has 0 aliphatic heterocycles. The summed E-state index contributed by atoms with van der Waals surface area (Å²) in [6.45, 7) is 5.48. The molecule has 0 bridgehead atoms. The Morgan fingerprint density at radius 3 is 1.50 bits per heavy atom. The van der Waals surface area contributed by atoms with Crippen LogP contribution in [0.4, 0.5) is 0 Å². The van der Waals surface area contributed by atoms with Crippen molar-refractivity contribution in [2.24, 2.45) is 0 Å². The summed E-state index contributed by atoms with van der Waals surface area (Å²) in [5.41, 5.74) is 10.6. The molecular formula is C10H22N4O2. The molecule has 4 N–H and O–H groups in total. The number of hydrogen-bond donors (Lipinski definition) is 4. The van der Waals surface area contributed by atoms with Crippen LogP contribution in [-0.2, 0) is 9.59 Å². The Balaban J connectivity index is 3.40. The molecule has 0 fully saturated rings. The van der Waals surface area contributed by atoms with E-state index >= 15 is 0 Å². The third-order valence-corrected chi connectivity index (χ3v) is 1.78. The topological polar surface area (TPSA) is 82.3 Å². The summed E-state index contributed by atoms with van der Waals surface area (Å²) in [4.78, 5) is 22.4. The van der Waals surface area contributed by atoms with E-state index in [0.717, 1.165) is 25.9 Å². The van der Waals surface area contributed by atoms with Gasteiger partial charge in [-0.05, 0) is 12.8 Å². The quantitative estimate of drug-likeness (QED) is 0.327. The molecule has 0 aromatic rings. The predicted octanol–water partition coefficient (Wildman–Crippen LogP) is -0.172. The standard InChI is InChI=1S/C10H22N4O2/c1-3-7-11-13-9(15)5-6-10(16)14-12-8-4-2/h11-12H,3-8H2,1-2H3,(H,13,15)(H,14,16). The number of rotatable bonds is 9. The first-order chi connectivity index (χ1) is 7.70. The summed E-state index contributed by atoms with van der Waals surface area (Å²) < 4.78 is 0. The van der Waals surface area contributed by atoms with Gasteiger partial charge in [0.1, 0.15) is 0 Å². The Hall–Kier alpha value is -1.14. The molecule has 6 heteroatoms. The Bertz CT molecular complexity index is 187. The van der Waals surface area contributed by atoms with Crippen molar-refractivity contribution in [2.45, 2.75) is 39.5 Å². The Labute approximate surface area is 96.5 Å². The molecule has 0 radical (unpaired) electrons. The molecule has 0 saturated carbocycles. The lowest BCUT2D eigenvalue weighted by Crippen LogP contribution is -2.40. The van der Waals surface area contributed by atoms with Crippen LogP contribution in [0, 0.1) is 0 Å². The van der Waals surface area contributed by atoms with Crippen LogP contribution in [0.3, 0.4) is 0 Å². The van der Waals surface area contributed by atoms with E-state index in [1.54, 1.807) is 0 Å². The molecule has 0 heterocycles. The average molecular weight is 230 g/mol. The van der Waals surface area contributed by atoms with Crippen LogP contribution in [-0.4, -0.2) is 24.9 Å². The maximum atomic E-state index is 11.2. The molecule has 0 saturated heterocycles. The van der Waals surface area contributed by atoms with Gasteiger partial charge in [0.05, 0.1) is 0 Å². The highest BCUT2D eigenvalue weighted by Gasteiger charge is 2.05. The van der Waals surface area contributed by atoms with Crippen molar-refractivity contribution in [2.75, 3.05) is 13.1 Å². The fraction of sp³-hybridized carbons (Fsp3) is 0.800. The molecule has 6 nitrogen and oxygen atoms in total. The lowest BCUT2D eigenvalue weighted by atomic mass is 10.3. The van der Waals surface area contributed by atoms with E-state index in [2.05, 4.69) is 21.7 Å². The highest BCUT2D eigenvalue weighted by atomic mass is 16.2. The monoisotopic (exact) mass is 230 g/mol. The summed E-state index contributed by atoms with van der Waals surface area (Å²) in [7, 11) is 0. The predicted molar refractivity (Wildman–Crippen MR) is 62.1 cm³/mol. The summed E-state index contributed by atoms with van der Waals surface area (Å²) in [6.07, 6.45) is 2.27. The van der Waals surface area contributed by atoms with Crippen molar-refractivity contribution in [1.29, 1.82) is 0 Å². The summed E-state index contributed by atoms with van der Waals surface area (Å²) in [5, 5.41) is 0. The third kappa shape index (κ3) is 9.42. The van der Waals surface area contributed by atoms with E-state index in [0.29, 0.717) is 0 Å². The first-order valence-electron chi connectivity index (χ1n) is 5.74. The zero-order valence-corrected chi connectivity index (χ0v) is 10.1. The molecule has 94 valence electrons.